The number of morpholine rings is 1. The summed E-state index contributed by atoms with van der Waals surface area (Å²) in [5.74, 6) is 0.496. The Morgan fingerprint density at radius 1 is 1.11 bits per heavy atom. The molecular weight excluding hydrogens is 340 g/mol. The number of benzene rings is 1. The van der Waals surface area contributed by atoms with E-state index in [2.05, 4.69) is 12.1 Å². The van der Waals surface area contributed by atoms with E-state index in [1.54, 1.807) is 0 Å². The van der Waals surface area contributed by atoms with Gasteiger partial charge in [-0.2, -0.15) is 0 Å². The Bertz CT molecular complexity index is 671. The van der Waals surface area contributed by atoms with Crippen molar-refractivity contribution in [3.63, 3.8) is 0 Å². The van der Waals surface area contributed by atoms with E-state index in [0.717, 1.165) is 32.1 Å². The van der Waals surface area contributed by atoms with Crippen LogP contribution in [-0.2, 0) is 20.7 Å². The summed E-state index contributed by atoms with van der Waals surface area (Å²) in [5, 5.41) is 0. The van der Waals surface area contributed by atoms with E-state index in [1.807, 2.05) is 28.0 Å². The number of fused-ring (bicyclic) bond motifs is 1. The molecule has 0 bridgehead atoms. The minimum absolute atomic E-state index is 0.0616. The molecule has 2 heterocycles. The fourth-order valence-electron chi connectivity index (χ4n) is 5.23. The molecule has 1 aliphatic carbocycles. The van der Waals surface area contributed by atoms with Gasteiger partial charge in [0.1, 0.15) is 0 Å². The van der Waals surface area contributed by atoms with Crippen molar-refractivity contribution in [2.45, 2.75) is 51.0 Å². The molecule has 2 amide bonds. The first kappa shape index (κ1) is 18.5. The maximum absolute atomic E-state index is 13.6. The van der Waals surface area contributed by atoms with Crippen LogP contribution < -0.4 is 0 Å². The SMILES string of the molecule is O=C1CC[C@]2(C(=O)N3CCOCC3)CCCC[C@H]2N1CCc1ccccc1. The van der Waals surface area contributed by atoms with Crippen molar-refractivity contribution < 1.29 is 14.3 Å². The van der Waals surface area contributed by atoms with E-state index >= 15 is 0 Å². The molecule has 27 heavy (non-hydrogen) atoms. The van der Waals surface area contributed by atoms with Gasteiger partial charge in [-0.25, -0.2) is 0 Å². The molecule has 4 rings (SSSR count). The first-order chi connectivity index (χ1) is 13.2. The molecule has 0 aromatic heterocycles. The van der Waals surface area contributed by atoms with E-state index < -0.39 is 0 Å². The Labute approximate surface area is 161 Å². The van der Waals surface area contributed by atoms with Crippen LogP contribution in [-0.4, -0.2) is 60.5 Å². The van der Waals surface area contributed by atoms with Crippen LogP contribution in [0.3, 0.4) is 0 Å². The van der Waals surface area contributed by atoms with Crippen LogP contribution in [0.4, 0.5) is 0 Å². The van der Waals surface area contributed by atoms with Gasteiger partial charge in [0.25, 0.3) is 0 Å². The Morgan fingerprint density at radius 2 is 1.89 bits per heavy atom. The van der Waals surface area contributed by atoms with E-state index in [9.17, 15) is 9.59 Å². The summed E-state index contributed by atoms with van der Waals surface area (Å²) in [6.07, 6.45) is 6.14. The first-order valence-corrected chi connectivity index (χ1v) is 10.4. The standard InChI is InChI=1S/C22H30N2O3/c25-20-9-12-22(21(26)23-14-16-27-17-15-23)11-5-4-8-19(22)24(20)13-10-18-6-2-1-3-7-18/h1-3,6-7,19H,4-5,8-17H2/t19-,22-/m1/s1. The number of amides is 2. The van der Waals surface area contributed by atoms with Crippen molar-refractivity contribution >= 4 is 11.8 Å². The summed E-state index contributed by atoms with van der Waals surface area (Å²) >= 11 is 0. The van der Waals surface area contributed by atoms with Gasteiger partial charge >= 0.3 is 0 Å². The predicted molar refractivity (Wildman–Crippen MR) is 103 cm³/mol. The summed E-state index contributed by atoms with van der Waals surface area (Å²) in [6.45, 7) is 3.34. The number of piperidine rings is 1. The summed E-state index contributed by atoms with van der Waals surface area (Å²) in [7, 11) is 0. The minimum atomic E-state index is -0.375. The molecule has 0 N–H and O–H groups in total. The summed E-state index contributed by atoms with van der Waals surface area (Å²) in [4.78, 5) is 30.4. The number of nitrogens with zero attached hydrogens (tertiary/aromatic N) is 2. The highest BCUT2D eigenvalue weighted by Crippen LogP contribution is 2.47. The number of ether oxygens (including phenoxy) is 1. The molecule has 2 aliphatic heterocycles. The zero-order valence-corrected chi connectivity index (χ0v) is 16.1. The van der Waals surface area contributed by atoms with Gasteiger partial charge in [-0.15, -0.1) is 0 Å². The average molecular weight is 370 g/mol. The Hall–Kier alpha value is -1.88. The fraction of sp³-hybridized carbons (Fsp3) is 0.636. The zero-order chi connectivity index (χ0) is 18.7. The second-order valence-corrected chi connectivity index (χ2v) is 8.15. The van der Waals surface area contributed by atoms with Crippen LogP contribution in [0.5, 0.6) is 0 Å². The van der Waals surface area contributed by atoms with Crippen molar-refractivity contribution in [2.75, 3.05) is 32.8 Å². The Balaban J connectivity index is 1.54. The van der Waals surface area contributed by atoms with Crippen LogP contribution >= 0.6 is 0 Å². The Morgan fingerprint density at radius 3 is 2.67 bits per heavy atom. The monoisotopic (exact) mass is 370 g/mol. The van der Waals surface area contributed by atoms with E-state index in [0.29, 0.717) is 45.7 Å². The summed E-state index contributed by atoms with van der Waals surface area (Å²) < 4.78 is 5.44. The lowest BCUT2D eigenvalue weighted by atomic mass is 9.64. The van der Waals surface area contributed by atoms with E-state index in [-0.39, 0.29) is 23.3 Å². The van der Waals surface area contributed by atoms with Gasteiger partial charge in [-0.3, -0.25) is 9.59 Å². The van der Waals surface area contributed by atoms with Gasteiger partial charge in [0.15, 0.2) is 0 Å². The van der Waals surface area contributed by atoms with Crippen molar-refractivity contribution in [3.05, 3.63) is 35.9 Å². The fourth-order valence-corrected chi connectivity index (χ4v) is 5.23. The zero-order valence-electron chi connectivity index (χ0n) is 16.1. The van der Waals surface area contributed by atoms with Crippen LogP contribution in [0.2, 0.25) is 0 Å². The molecule has 0 unspecified atom stereocenters. The highest BCUT2D eigenvalue weighted by atomic mass is 16.5. The predicted octanol–water partition coefficient (Wildman–Crippen LogP) is 2.64. The number of likely N-dealkylation sites (tertiary alicyclic amines) is 1. The van der Waals surface area contributed by atoms with Crippen LogP contribution in [0.15, 0.2) is 30.3 Å². The third kappa shape index (κ3) is 3.62. The molecule has 146 valence electrons. The molecule has 0 radical (unpaired) electrons. The molecule has 3 aliphatic rings. The Kier molecular flexibility index (Phi) is 5.48. The molecule has 1 aromatic carbocycles. The molecule has 5 nitrogen and oxygen atoms in total. The lowest BCUT2D eigenvalue weighted by molar-refractivity contribution is -0.164. The normalized spacial score (nSPS) is 28.7. The smallest absolute Gasteiger partial charge is 0.231 e. The lowest BCUT2D eigenvalue weighted by Crippen LogP contribution is -2.63. The molecule has 3 fully saturated rings. The number of carbonyl (C=O) groups excluding carboxylic acids is 2. The molecule has 2 atom stereocenters. The van der Waals surface area contributed by atoms with Gasteiger partial charge in [-0.1, -0.05) is 43.2 Å². The van der Waals surface area contributed by atoms with E-state index in [4.69, 9.17) is 4.74 Å². The van der Waals surface area contributed by atoms with Crippen molar-refractivity contribution in [1.82, 2.24) is 9.80 Å². The number of hydrogen-bond donors (Lipinski definition) is 0. The molecule has 1 aromatic rings. The third-order valence-electron chi connectivity index (χ3n) is 6.68. The van der Waals surface area contributed by atoms with Crippen LogP contribution in [0, 0.1) is 5.41 Å². The topological polar surface area (TPSA) is 49.9 Å². The molecular formula is C22H30N2O3. The van der Waals surface area contributed by atoms with E-state index in [1.165, 1.54) is 5.56 Å². The van der Waals surface area contributed by atoms with Crippen LogP contribution in [0.25, 0.3) is 0 Å². The maximum atomic E-state index is 13.6. The quantitative estimate of drug-likeness (QED) is 0.819. The van der Waals surface area contributed by atoms with Crippen molar-refractivity contribution in [3.8, 4) is 0 Å². The van der Waals surface area contributed by atoms with Gasteiger partial charge < -0.3 is 14.5 Å². The molecule has 5 heteroatoms. The number of carbonyl (C=O) groups is 2. The molecule has 2 saturated heterocycles. The highest BCUT2D eigenvalue weighted by molar-refractivity contribution is 5.88. The second kappa shape index (κ2) is 8.01. The van der Waals surface area contributed by atoms with Gasteiger partial charge in [0.2, 0.25) is 11.8 Å². The van der Waals surface area contributed by atoms with Crippen LogP contribution in [0.1, 0.15) is 44.1 Å². The van der Waals surface area contributed by atoms with Gasteiger partial charge in [-0.05, 0) is 31.2 Å². The lowest BCUT2D eigenvalue weighted by Gasteiger charge is -2.53. The molecule has 1 saturated carbocycles. The molecule has 0 spiro atoms. The average Bonchev–Trinajstić information content (AvgIpc) is 2.74. The number of hydrogen-bond acceptors (Lipinski definition) is 3. The van der Waals surface area contributed by atoms with Gasteiger partial charge in [0, 0.05) is 32.1 Å². The highest BCUT2D eigenvalue weighted by Gasteiger charge is 2.54. The first-order valence-electron chi connectivity index (χ1n) is 10.4. The summed E-state index contributed by atoms with van der Waals surface area (Å²) in [6, 6.07) is 10.4. The second-order valence-electron chi connectivity index (χ2n) is 8.15. The van der Waals surface area contributed by atoms with Gasteiger partial charge in [0.05, 0.1) is 18.6 Å². The van der Waals surface area contributed by atoms with Crippen molar-refractivity contribution in [1.29, 1.82) is 0 Å². The third-order valence-corrected chi connectivity index (χ3v) is 6.68. The van der Waals surface area contributed by atoms with Crippen molar-refractivity contribution in [2.24, 2.45) is 5.41 Å². The maximum Gasteiger partial charge on any atom is 0.231 e. The summed E-state index contributed by atoms with van der Waals surface area (Å²) in [5.41, 5.74) is 0.872. The largest absolute Gasteiger partial charge is 0.378 e. The minimum Gasteiger partial charge on any atom is -0.378 e. The number of rotatable bonds is 4.